The van der Waals surface area contributed by atoms with Gasteiger partial charge in [0.2, 0.25) is 10.0 Å². The van der Waals surface area contributed by atoms with Crippen LogP contribution in [-0.4, -0.2) is 30.5 Å². The number of rotatable bonds is 6. The number of nitrogens with one attached hydrogen (secondary N) is 1. The second-order valence-corrected chi connectivity index (χ2v) is 7.43. The zero-order valence-corrected chi connectivity index (χ0v) is 14.7. The molecule has 134 valence electrons. The Morgan fingerprint density at radius 2 is 1.96 bits per heavy atom. The number of sulfonamides is 1. The number of halogens is 1. The van der Waals surface area contributed by atoms with Gasteiger partial charge in [0.05, 0.1) is 18.4 Å². The molecule has 0 saturated carbocycles. The molecular formula is C18H16FN3O3S. The highest BCUT2D eigenvalue weighted by molar-refractivity contribution is 7.89. The summed E-state index contributed by atoms with van der Waals surface area (Å²) in [5.41, 5.74) is 1.98. The van der Waals surface area contributed by atoms with E-state index in [9.17, 15) is 17.6 Å². The van der Waals surface area contributed by atoms with Crippen molar-refractivity contribution in [3.63, 3.8) is 0 Å². The average Bonchev–Trinajstić information content (AvgIpc) is 3.06. The number of carbonyl (C=O) groups excluding carboxylic acids is 1. The van der Waals surface area contributed by atoms with Crippen LogP contribution in [0.2, 0.25) is 0 Å². The van der Waals surface area contributed by atoms with E-state index >= 15 is 0 Å². The van der Waals surface area contributed by atoms with E-state index in [0.29, 0.717) is 11.3 Å². The van der Waals surface area contributed by atoms with Crippen molar-refractivity contribution >= 4 is 15.8 Å². The monoisotopic (exact) mass is 373 g/mol. The Hall–Kier alpha value is -2.84. The Balaban J connectivity index is 1.76. The summed E-state index contributed by atoms with van der Waals surface area (Å²) in [7, 11) is -4.12. The van der Waals surface area contributed by atoms with Crippen LogP contribution in [0.3, 0.4) is 0 Å². The molecule has 0 saturated heterocycles. The van der Waals surface area contributed by atoms with E-state index < -0.39 is 33.1 Å². The van der Waals surface area contributed by atoms with Crippen molar-refractivity contribution in [2.75, 3.05) is 6.54 Å². The first-order chi connectivity index (χ1) is 12.4. The van der Waals surface area contributed by atoms with Gasteiger partial charge < -0.3 is 0 Å². The zero-order valence-electron chi connectivity index (χ0n) is 13.9. The SMILES string of the molecule is Cc1cnn(-c2cccc(C(=O)CNS(=O)(=O)c3ccccc3F)c2)c1. The zero-order chi connectivity index (χ0) is 18.7. The molecule has 0 unspecified atom stereocenters. The molecule has 0 fully saturated rings. The number of ketones is 1. The Labute approximate surface area is 150 Å². The lowest BCUT2D eigenvalue weighted by molar-refractivity contribution is 0.0997. The summed E-state index contributed by atoms with van der Waals surface area (Å²) < 4.78 is 41.7. The van der Waals surface area contributed by atoms with Crippen LogP contribution in [0.4, 0.5) is 4.39 Å². The second kappa shape index (κ2) is 7.19. The molecule has 3 aromatic rings. The lowest BCUT2D eigenvalue weighted by Gasteiger charge is -2.08. The minimum absolute atomic E-state index is 0.326. The van der Waals surface area contributed by atoms with Crippen LogP contribution in [-0.2, 0) is 10.0 Å². The van der Waals surface area contributed by atoms with Crippen LogP contribution in [0.25, 0.3) is 5.69 Å². The van der Waals surface area contributed by atoms with E-state index in [2.05, 4.69) is 9.82 Å². The van der Waals surface area contributed by atoms with Gasteiger partial charge in [0.1, 0.15) is 10.7 Å². The first-order valence-electron chi connectivity index (χ1n) is 7.76. The molecule has 8 heteroatoms. The average molecular weight is 373 g/mol. The van der Waals surface area contributed by atoms with Gasteiger partial charge in [-0.05, 0) is 36.8 Å². The Kier molecular flexibility index (Phi) is 4.97. The maximum absolute atomic E-state index is 13.7. The summed E-state index contributed by atoms with van der Waals surface area (Å²) in [4.78, 5) is 11.9. The fourth-order valence-electron chi connectivity index (χ4n) is 2.38. The summed E-state index contributed by atoms with van der Waals surface area (Å²) in [6.45, 7) is 1.42. The fourth-order valence-corrected chi connectivity index (χ4v) is 3.44. The second-order valence-electron chi connectivity index (χ2n) is 5.69. The first kappa shape index (κ1) is 18.0. The van der Waals surface area contributed by atoms with Crippen LogP contribution in [0, 0.1) is 12.7 Å². The third kappa shape index (κ3) is 3.87. The molecule has 26 heavy (non-hydrogen) atoms. The fraction of sp³-hybridized carbons (Fsp3) is 0.111. The lowest BCUT2D eigenvalue weighted by atomic mass is 10.1. The number of carbonyl (C=O) groups is 1. The predicted octanol–water partition coefficient (Wildman–Crippen LogP) is 2.48. The molecule has 6 nitrogen and oxygen atoms in total. The molecular weight excluding hydrogens is 357 g/mol. The normalized spacial score (nSPS) is 11.5. The topological polar surface area (TPSA) is 81.1 Å². The van der Waals surface area contributed by atoms with Crippen molar-refractivity contribution in [3.8, 4) is 5.69 Å². The van der Waals surface area contributed by atoms with E-state index in [1.165, 1.54) is 12.1 Å². The van der Waals surface area contributed by atoms with Crippen LogP contribution in [0.1, 0.15) is 15.9 Å². The number of nitrogens with zero attached hydrogens (tertiary/aromatic N) is 2. The van der Waals surface area contributed by atoms with Gasteiger partial charge >= 0.3 is 0 Å². The minimum Gasteiger partial charge on any atom is -0.293 e. The molecule has 1 N–H and O–H groups in total. The Morgan fingerprint density at radius 3 is 2.65 bits per heavy atom. The molecule has 0 aliphatic rings. The summed E-state index contributed by atoms with van der Waals surface area (Å²) >= 11 is 0. The third-order valence-electron chi connectivity index (χ3n) is 3.69. The smallest absolute Gasteiger partial charge is 0.243 e. The van der Waals surface area contributed by atoms with Crippen LogP contribution in [0.15, 0.2) is 65.8 Å². The quantitative estimate of drug-likeness (QED) is 0.673. The standard InChI is InChI=1S/C18H16FN3O3S/c1-13-10-20-22(12-13)15-6-4-5-14(9-15)17(23)11-21-26(24,25)18-8-3-2-7-16(18)19/h2-10,12,21H,11H2,1H3. The number of hydrogen-bond donors (Lipinski definition) is 1. The van der Waals surface area contributed by atoms with Crippen molar-refractivity contribution in [2.45, 2.75) is 11.8 Å². The van der Waals surface area contributed by atoms with Gasteiger partial charge in [-0.2, -0.15) is 5.10 Å². The molecule has 2 aromatic carbocycles. The summed E-state index contributed by atoms with van der Waals surface area (Å²) in [5.74, 6) is -1.31. The molecule has 0 aliphatic carbocycles. The molecule has 0 amide bonds. The van der Waals surface area contributed by atoms with Gasteiger partial charge in [-0.25, -0.2) is 22.2 Å². The number of aromatic nitrogens is 2. The predicted molar refractivity (Wildman–Crippen MR) is 94.2 cm³/mol. The molecule has 3 rings (SSSR count). The highest BCUT2D eigenvalue weighted by Gasteiger charge is 2.20. The maximum Gasteiger partial charge on any atom is 0.243 e. The Bertz CT molecular complexity index is 1060. The molecule has 0 aliphatic heterocycles. The summed E-state index contributed by atoms with van der Waals surface area (Å²) in [6.07, 6.45) is 3.50. The number of Topliss-reactive ketones (excluding diaryl/α,β-unsaturated/α-hetero) is 1. The van der Waals surface area contributed by atoms with Gasteiger partial charge in [-0.1, -0.05) is 24.3 Å². The minimum atomic E-state index is -4.12. The number of benzene rings is 2. The van der Waals surface area contributed by atoms with Crippen molar-refractivity contribution < 1.29 is 17.6 Å². The molecule has 0 radical (unpaired) electrons. The molecule has 0 bridgehead atoms. The number of aryl methyl sites for hydroxylation is 1. The highest BCUT2D eigenvalue weighted by Crippen LogP contribution is 2.14. The largest absolute Gasteiger partial charge is 0.293 e. The van der Waals surface area contributed by atoms with Crippen LogP contribution >= 0.6 is 0 Å². The van der Waals surface area contributed by atoms with E-state index in [1.54, 1.807) is 35.1 Å². The van der Waals surface area contributed by atoms with Crippen LogP contribution < -0.4 is 4.72 Å². The Morgan fingerprint density at radius 1 is 1.19 bits per heavy atom. The van der Waals surface area contributed by atoms with Crippen molar-refractivity contribution in [1.29, 1.82) is 0 Å². The van der Waals surface area contributed by atoms with Crippen molar-refractivity contribution in [3.05, 3.63) is 77.9 Å². The van der Waals surface area contributed by atoms with Crippen LogP contribution in [0.5, 0.6) is 0 Å². The summed E-state index contributed by atoms with van der Waals surface area (Å²) in [5, 5.41) is 4.17. The summed E-state index contributed by atoms with van der Waals surface area (Å²) in [6, 6.07) is 11.7. The number of hydrogen-bond acceptors (Lipinski definition) is 4. The van der Waals surface area contributed by atoms with Gasteiger partial charge in [-0.15, -0.1) is 0 Å². The van der Waals surface area contributed by atoms with E-state index in [1.807, 2.05) is 13.1 Å². The van der Waals surface area contributed by atoms with Crippen molar-refractivity contribution in [1.82, 2.24) is 14.5 Å². The molecule has 0 atom stereocenters. The van der Waals surface area contributed by atoms with E-state index in [-0.39, 0.29) is 0 Å². The lowest BCUT2D eigenvalue weighted by Crippen LogP contribution is -2.30. The van der Waals surface area contributed by atoms with Gasteiger partial charge in [-0.3, -0.25) is 4.79 Å². The molecule has 1 heterocycles. The maximum atomic E-state index is 13.7. The molecule has 1 aromatic heterocycles. The third-order valence-corrected chi connectivity index (χ3v) is 5.13. The van der Waals surface area contributed by atoms with E-state index in [0.717, 1.165) is 17.7 Å². The first-order valence-corrected chi connectivity index (χ1v) is 9.24. The van der Waals surface area contributed by atoms with Crippen molar-refractivity contribution in [2.24, 2.45) is 0 Å². The van der Waals surface area contributed by atoms with Gasteiger partial charge in [0, 0.05) is 11.8 Å². The van der Waals surface area contributed by atoms with Gasteiger partial charge in [0.25, 0.3) is 0 Å². The van der Waals surface area contributed by atoms with E-state index in [4.69, 9.17) is 0 Å². The molecule has 0 spiro atoms. The van der Waals surface area contributed by atoms with Gasteiger partial charge in [0.15, 0.2) is 5.78 Å². The highest BCUT2D eigenvalue weighted by atomic mass is 32.2.